The average Bonchev–Trinajstić information content (AvgIpc) is 3.36. The minimum Gasteiger partial charge on any atom is -0.349 e. The van der Waals surface area contributed by atoms with Gasteiger partial charge in [-0.1, -0.05) is 12.1 Å². The van der Waals surface area contributed by atoms with Crippen LogP contribution in [0.4, 0.5) is 0 Å². The number of hydrogen-bond donors (Lipinski definition) is 3. The molecule has 1 fully saturated rings. The molecule has 3 unspecified atom stereocenters. The molecule has 3 atom stereocenters. The Morgan fingerprint density at radius 1 is 1.11 bits per heavy atom. The summed E-state index contributed by atoms with van der Waals surface area (Å²) in [5.74, 6) is -0.115. The molecular weight excluding hydrogens is 402 g/mol. The fraction of sp³-hybridized carbons (Fsp3) is 0.474. The van der Waals surface area contributed by atoms with Crippen LogP contribution in [0, 0.1) is 5.41 Å². The minimum absolute atomic E-state index is 0. The molecule has 1 aliphatic rings. The Balaban J connectivity index is 0.00000261. The van der Waals surface area contributed by atoms with Crippen molar-refractivity contribution in [1.29, 1.82) is 0 Å². The molecule has 3 N–H and O–H groups in total. The molecule has 3 rings (SSSR count). The monoisotopic (exact) mass is 427 g/mol. The fourth-order valence-corrected chi connectivity index (χ4v) is 4.80. The van der Waals surface area contributed by atoms with Crippen LogP contribution in [0.15, 0.2) is 35.0 Å². The standard InChI is InChI=1S/C19H25N3O2S2.ClH/c1-13(15-5-3-9-25-15)21-17(23)11-19(7-8-20-12-19)18(24)22-14(2)16-6-4-10-26-16;/h3-6,9-10,13-14,20H,7-8,11-12H2,1-2H3,(H,21,23)(H,22,24);1H. The summed E-state index contributed by atoms with van der Waals surface area (Å²) in [6, 6.07) is 7.90. The van der Waals surface area contributed by atoms with Crippen LogP contribution in [0.2, 0.25) is 0 Å². The first-order chi connectivity index (χ1) is 12.5. The van der Waals surface area contributed by atoms with Gasteiger partial charge in [-0.15, -0.1) is 35.1 Å². The van der Waals surface area contributed by atoms with E-state index in [1.165, 1.54) is 0 Å². The van der Waals surface area contributed by atoms with Crippen molar-refractivity contribution in [2.45, 2.75) is 38.8 Å². The zero-order chi connectivity index (χ0) is 18.6. The molecule has 1 saturated heterocycles. The summed E-state index contributed by atoms with van der Waals surface area (Å²) in [6.07, 6.45) is 0.884. The lowest BCUT2D eigenvalue weighted by molar-refractivity contribution is -0.136. The predicted octanol–water partition coefficient (Wildman–Crippen LogP) is 3.66. The van der Waals surface area contributed by atoms with E-state index in [2.05, 4.69) is 16.0 Å². The summed E-state index contributed by atoms with van der Waals surface area (Å²) < 4.78 is 0. The van der Waals surface area contributed by atoms with Gasteiger partial charge in [-0.3, -0.25) is 9.59 Å². The van der Waals surface area contributed by atoms with Crippen molar-refractivity contribution in [3.63, 3.8) is 0 Å². The number of halogens is 1. The number of hydrogen-bond acceptors (Lipinski definition) is 5. The van der Waals surface area contributed by atoms with Gasteiger partial charge in [0.05, 0.1) is 17.5 Å². The molecule has 0 bridgehead atoms. The van der Waals surface area contributed by atoms with E-state index in [9.17, 15) is 9.59 Å². The second-order valence-corrected chi connectivity index (χ2v) is 8.86. The Morgan fingerprint density at radius 2 is 1.70 bits per heavy atom. The van der Waals surface area contributed by atoms with Gasteiger partial charge < -0.3 is 16.0 Å². The number of carbonyl (C=O) groups is 2. The highest BCUT2D eigenvalue weighted by Gasteiger charge is 2.43. The highest BCUT2D eigenvalue weighted by molar-refractivity contribution is 7.10. The normalized spacial score (nSPS) is 21.1. The number of carbonyl (C=O) groups excluding carboxylic acids is 2. The molecule has 0 aromatic carbocycles. The van der Waals surface area contributed by atoms with Crippen LogP contribution in [-0.2, 0) is 9.59 Å². The third kappa shape index (κ3) is 5.31. The van der Waals surface area contributed by atoms with Crippen LogP contribution < -0.4 is 16.0 Å². The lowest BCUT2D eigenvalue weighted by atomic mass is 9.81. The molecule has 5 nitrogen and oxygen atoms in total. The molecule has 1 aliphatic heterocycles. The largest absolute Gasteiger partial charge is 0.349 e. The number of amides is 2. The predicted molar refractivity (Wildman–Crippen MR) is 114 cm³/mol. The van der Waals surface area contributed by atoms with Crippen molar-refractivity contribution < 1.29 is 9.59 Å². The van der Waals surface area contributed by atoms with Gasteiger partial charge in [0.1, 0.15) is 0 Å². The Kier molecular flexibility index (Phi) is 7.85. The van der Waals surface area contributed by atoms with Gasteiger partial charge in [0.15, 0.2) is 0 Å². The third-order valence-electron chi connectivity index (χ3n) is 4.89. The maximum atomic E-state index is 13.0. The van der Waals surface area contributed by atoms with E-state index < -0.39 is 5.41 Å². The SMILES string of the molecule is CC(NC(=O)CC1(C(=O)NC(C)c2cccs2)CCNC1)c1cccs1.Cl. The Morgan fingerprint density at radius 3 is 2.19 bits per heavy atom. The van der Waals surface area contributed by atoms with Crippen molar-refractivity contribution in [3.05, 3.63) is 44.8 Å². The first kappa shape index (κ1) is 21.9. The van der Waals surface area contributed by atoms with Gasteiger partial charge in [0, 0.05) is 22.7 Å². The second kappa shape index (κ2) is 9.68. The smallest absolute Gasteiger partial charge is 0.228 e. The highest BCUT2D eigenvalue weighted by atomic mass is 35.5. The van der Waals surface area contributed by atoms with Crippen LogP contribution in [0.3, 0.4) is 0 Å². The zero-order valence-electron chi connectivity index (χ0n) is 15.5. The van der Waals surface area contributed by atoms with Crippen LogP contribution in [0.25, 0.3) is 0 Å². The molecule has 0 radical (unpaired) electrons. The number of rotatable bonds is 7. The van der Waals surface area contributed by atoms with E-state index in [0.29, 0.717) is 13.0 Å². The minimum atomic E-state index is -0.676. The van der Waals surface area contributed by atoms with Gasteiger partial charge in [-0.25, -0.2) is 0 Å². The molecule has 0 aliphatic carbocycles. The van der Waals surface area contributed by atoms with Gasteiger partial charge in [-0.2, -0.15) is 0 Å². The summed E-state index contributed by atoms with van der Waals surface area (Å²) in [5.41, 5.74) is -0.676. The molecule has 148 valence electrons. The molecular formula is C19H26ClN3O2S2. The van der Waals surface area contributed by atoms with E-state index in [4.69, 9.17) is 0 Å². The highest BCUT2D eigenvalue weighted by Crippen LogP contribution is 2.32. The molecule has 0 saturated carbocycles. The van der Waals surface area contributed by atoms with Crippen molar-refractivity contribution in [2.75, 3.05) is 13.1 Å². The van der Waals surface area contributed by atoms with Crippen LogP contribution in [0.5, 0.6) is 0 Å². The molecule has 3 heterocycles. The molecule has 2 aromatic rings. The first-order valence-electron chi connectivity index (χ1n) is 8.88. The summed E-state index contributed by atoms with van der Waals surface area (Å²) in [6.45, 7) is 5.26. The van der Waals surface area contributed by atoms with E-state index >= 15 is 0 Å². The summed E-state index contributed by atoms with van der Waals surface area (Å²) in [7, 11) is 0. The maximum absolute atomic E-state index is 13.0. The lowest BCUT2D eigenvalue weighted by Gasteiger charge is -2.28. The van der Waals surface area contributed by atoms with E-state index in [-0.39, 0.29) is 42.7 Å². The van der Waals surface area contributed by atoms with Crippen molar-refractivity contribution in [2.24, 2.45) is 5.41 Å². The average molecular weight is 428 g/mol. The quantitative estimate of drug-likeness (QED) is 0.631. The Bertz CT molecular complexity index is 728. The number of thiophene rings is 2. The molecule has 2 amide bonds. The number of nitrogens with one attached hydrogen (secondary N) is 3. The molecule has 2 aromatic heterocycles. The maximum Gasteiger partial charge on any atom is 0.228 e. The lowest BCUT2D eigenvalue weighted by Crippen LogP contribution is -2.46. The summed E-state index contributed by atoms with van der Waals surface area (Å²) >= 11 is 3.25. The van der Waals surface area contributed by atoms with Crippen LogP contribution >= 0.6 is 35.1 Å². The first-order valence-corrected chi connectivity index (χ1v) is 10.6. The van der Waals surface area contributed by atoms with Crippen molar-refractivity contribution >= 4 is 46.9 Å². The molecule has 8 heteroatoms. The third-order valence-corrected chi connectivity index (χ3v) is 7.00. The van der Waals surface area contributed by atoms with Crippen molar-refractivity contribution in [1.82, 2.24) is 16.0 Å². The Hall–Kier alpha value is -1.41. The van der Waals surface area contributed by atoms with Crippen LogP contribution in [0.1, 0.15) is 48.5 Å². The van der Waals surface area contributed by atoms with E-state index in [1.54, 1.807) is 22.7 Å². The molecule has 0 spiro atoms. The molecule has 27 heavy (non-hydrogen) atoms. The van der Waals surface area contributed by atoms with Crippen LogP contribution in [-0.4, -0.2) is 24.9 Å². The van der Waals surface area contributed by atoms with Gasteiger partial charge in [0.25, 0.3) is 0 Å². The topological polar surface area (TPSA) is 70.2 Å². The van der Waals surface area contributed by atoms with Crippen molar-refractivity contribution in [3.8, 4) is 0 Å². The van der Waals surface area contributed by atoms with Gasteiger partial charge in [-0.05, 0) is 49.7 Å². The summed E-state index contributed by atoms with van der Waals surface area (Å²) in [4.78, 5) is 27.9. The summed E-state index contributed by atoms with van der Waals surface area (Å²) in [5, 5.41) is 13.4. The van der Waals surface area contributed by atoms with Gasteiger partial charge in [0.2, 0.25) is 11.8 Å². The van der Waals surface area contributed by atoms with Gasteiger partial charge >= 0.3 is 0 Å². The Labute approximate surface area is 174 Å². The second-order valence-electron chi connectivity index (χ2n) is 6.90. The van der Waals surface area contributed by atoms with E-state index in [1.807, 2.05) is 48.9 Å². The van der Waals surface area contributed by atoms with E-state index in [0.717, 1.165) is 16.3 Å². The fourth-order valence-electron chi connectivity index (χ4n) is 3.34. The zero-order valence-corrected chi connectivity index (χ0v) is 17.9.